The van der Waals surface area contributed by atoms with Crippen molar-refractivity contribution < 1.29 is 28.2 Å². The molecule has 1 atom stereocenters. The highest BCUT2D eigenvalue weighted by atomic mass is 19.3. The summed E-state index contributed by atoms with van der Waals surface area (Å²) in [6, 6.07) is 9.98. The first-order chi connectivity index (χ1) is 12.0. The van der Waals surface area contributed by atoms with Crippen LogP contribution in [-0.2, 0) is 4.79 Å². The van der Waals surface area contributed by atoms with Crippen molar-refractivity contribution in [1.29, 1.82) is 0 Å². The maximum Gasteiger partial charge on any atom is 0.387 e. The topological polar surface area (TPSA) is 66.8 Å². The summed E-state index contributed by atoms with van der Waals surface area (Å²) in [5.74, 6) is -2.29. The molecule has 1 aliphatic rings. The molecule has 0 bridgehead atoms. The molecule has 1 N–H and O–H groups in total. The van der Waals surface area contributed by atoms with Gasteiger partial charge in [-0.2, -0.15) is 8.78 Å². The molecule has 1 aliphatic heterocycles. The van der Waals surface area contributed by atoms with E-state index in [1.165, 1.54) is 17.0 Å². The minimum atomic E-state index is -3.05. The lowest BCUT2D eigenvalue weighted by molar-refractivity contribution is -0.143. The number of carbonyl (C=O) groups excluding carboxylic acids is 1. The second kappa shape index (κ2) is 7.04. The zero-order valence-corrected chi connectivity index (χ0v) is 13.3. The summed E-state index contributed by atoms with van der Waals surface area (Å²) in [6.45, 7) is -2.60. The van der Waals surface area contributed by atoms with E-state index in [9.17, 15) is 18.4 Å². The van der Waals surface area contributed by atoms with Crippen LogP contribution in [0.3, 0.4) is 0 Å². The number of hydrogen-bond donors (Lipinski definition) is 1. The quantitative estimate of drug-likeness (QED) is 0.919. The van der Waals surface area contributed by atoms with E-state index in [0.717, 1.165) is 5.39 Å². The van der Waals surface area contributed by atoms with Gasteiger partial charge in [0.25, 0.3) is 5.91 Å². The molecule has 0 unspecified atom stereocenters. The van der Waals surface area contributed by atoms with Gasteiger partial charge in [0.2, 0.25) is 0 Å². The molecular formula is C18H17F2NO4. The summed E-state index contributed by atoms with van der Waals surface area (Å²) in [7, 11) is 0. The van der Waals surface area contributed by atoms with Gasteiger partial charge in [0.05, 0.1) is 11.5 Å². The maximum atomic E-state index is 12.8. The molecule has 2 aromatic carbocycles. The highest BCUT2D eigenvalue weighted by Crippen LogP contribution is 2.30. The smallest absolute Gasteiger partial charge is 0.387 e. The summed E-state index contributed by atoms with van der Waals surface area (Å²) < 4.78 is 30.0. The molecule has 3 rings (SSSR count). The first-order valence-corrected chi connectivity index (χ1v) is 7.95. The Bertz CT molecular complexity index is 809. The number of likely N-dealkylation sites (tertiary alicyclic amines) is 1. The van der Waals surface area contributed by atoms with Gasteiger partial charge in [0.15, 0.2) is 0 Å². The Morgan fingerprint density at radius 2 is 1.88 bits per heavy atom. The zero-order valence-electron chi connectivity index (χ0n) is 13.3. The number of halogens is 2. The average molecular weight is 349 g/mol. The van der Waals surface area contributed by atoms with Gasteiger partial charge < -0.3 is 14.7 Å². The monoisotopic (exact) mass is 349 g/mol. The third kappa shape index (κ3) is 3.70. The molecule has 0 aliphatic carbocycles. The molecule has 1 fully saturated rings. The minimum absolute atomic E-state index is 0.0186. The van der Waals surface area contributed by atoms with Crippen molar-refractivity contribution in [3.63, 3.8) is 0 Å². The number of carbonyl (C=O) groups is 2. The van der Waals surface area contributed by atoms with Crippen LogP contribution in [0.2, 0.25) is 0 Å². The second-order valence-electron chi connectivity index (χ2n) is 6.00. The van der Waals surface area contributed by atoms with Crippen molar-refractivity contribution in [2.24, 2.45) is 5.92 Å². The summed E-state index contributed by atoms with van der Waals surface area (Å²) in [4.78, 5) is 25.4. The molecule has 5 nitrogen and oxygen atoms in total. The second-order valence-corrected chi connectivity index (χ2v) is 6.00. The molecule has 0 aromatic heterocycles. The van der Waals surface area contributed by atoms with E-state index < -0.39 is 24.4 Å². The van der Waals surface area contributed by atoms with Crippen molar-refractivity contribution in [3.8, 4) is 5.75 Å². The van der Waals surface area contributed by atoms with Gasteiger partial charge in [0, 0.05) is 13.1 Å². The highest BCUT2D eigenvalue weighted by Gasteiger charge is 2.30. The fourth-order valence-electron chi connectivity index (χ4n) is 3.11. The number of carboxylic acids is 1. The van der Waals surface area contributed by atoms with Gasteiger partial charge >= 0.3 is 12.6 Å². The van der Waals surface area contributed by atoms with Gasteiger partial charge in [-0.05, 0) is 35.7 Å². The van der Waals surface area contributed by atoms with Gasteiger partial charge in [-0.25, -0.2) is 0 Å². The van der Waals surface area contributed by atoms with Gasteiger partial charge in [-0.15, -0.1) is 0 Å². The number of aliphatic carboxylic acids is 1. The van der Waals surface area contributed by atoms with E-state index in [4.69, 9.17) is 5.11 Å². The van der Waals surface area contributed by atoms with E-state index in [0.29, 0.717) is 24.8 Å². The number of carboxylic acid groups (broad SMARTS) is 1. The average Bonchev–Trinajstić information content (AvgIpc) is 2.60. The Kier molecular flexibility index (Phi) is 4.83. The minimum Gasteiger partial charge on any atom is -0.481 e. The number of benzene rings is 2. The van der Waals surface area contributed by atoms with Gasteiger partial charge in [-0.1, -0.05) is 24.3 Å². The fraction of sp³-hybridized carbons (Fsp3) is 0.333. The summed E-state index contributed by atoms with van der Waals surface area (Å²) in [6.07, 6.45) is 1.05. The third-order valence-electron chi connectivity index (χ3n) is 4.35. The fourth-order valence-corrected chi connectivity index (χ4v) is 3.11. The number of piperidine rings is 1. The lowest BCUT2D eigenvalue weighted by atomic mass is 9.97. The Balaban J connectivity index is 1.97. The predicted molar refractivity (Wildman–Crippen MR) is 86.8 cm³/mol. The van der Waals surface area contributed by atoms with Crippen molar-refractivity contribution in [2.75, 3.05) is 13.1 Å². The Morgan fingerprint density at radius 1 is 1.20 bits per heavy atom. The van der Waals surface area contributed by atoms with Crippen molar-refractivity contribution in [3.05, 3.63) is 42.0 Å². The maximum absolute atomic E-state index is 12.8. The number of hydrogen-bond acceptors (Lipinski definition) is 3. The van der Waals surface area contributed by atoms with Crippen LogP contribution in [0, 0.1) is 5.92 Å². The van der Waals surface area contributed by atoms with Crippen LogP contribution < -0.4 is 4.74 Å². The SMILES string of the molecule is O=C(O)[C@H]1CCCN(C(=O)c2cc3ccccc3cc2OC(F)F)C1. The molecule has 0 spiro atoms. The molecule has 1 heterocycles. The Hall–Kier alpha value is -2.70. The van der Waals surface area contributed by atoms with Crippen LogP contribution >= 0.6 is 0 Å². The molecule has 2 aromatic rings. The highest BCUT2D eigenvalue weighted by molar-refractivity contribution is 6.01. The van der Waals surface area contributed by atoms with Crippen LogP contribution in [0.4, 0.5) is 8.78 Å². The number of ether oxygens (including phenoxy) is 1. The van der Waals surface area contributed by atoms with Crippen LogP contribution in [0.1, 0.15) is 23.2 Å². The molecule has 7 heteroatoms. The molecule has 1 saturated heterocycles. The first-order valence-electron chi connectivity index (χ1n) is 7.95. The number of rotatable bonds is 4. The van der Waals surface area contributed by atoms with E-state index >= 15 is 0 Å². The van der Waals surface area contributed by atoms with E-state index in [-0.39, 0.29) is 17.9 Å². The van der Waals surface area contributed by atoms with Crippen molar-refractivity contribution >= 4 is 22.6 Å². The van der Waals surface area contributed by atoms with Gasteiger partial charge in [0.1, 0.15) is 5.75 Å². The third-order valence-corrected chi connectivity index (χ3v) is 4.35. The Labute approximate surface area is 142 Å². The molecular weight excluding hydrogens is 332 g/mol. The number of alkyl halides is 2. The lowest BCUT2D eigenvalue weighted by Crippen LogP contribution is -2.42. The van der Waals surface area contributed by atoms with Crippen LogP contribution in [0.15, 0.2) is 36.4 Å². The van der Waals surface area contributed by atoms with E-state index in [1.807, 2.05) is 0 Å². The van der Waals surface area contributed by atoms with Crippen molar-refractivity contribution in [1.82, 2.24) is 4.90 Å². The van der Waals surface area contributed by atoms with E-state index in [1.54, 1.807) is 24.3 Å². The summed E-state index contributed by atoms with van der Waals surface area (Å²) in [5.41, 5.74) is 0.0186. The number of fused-ring (bicyclic) bond motifs is 1. The van der Waals surface area contributed by atoms with Crippen LogP contribution in [0.5, 0.6) is 5.75 Å². The molecule has 132 valence electrons. The summed E-state index contributed by atoms with van der Waals surface area (Å²) in [5, 5.41) is 10.6. The lowest BCUT2D eigenvalue weighted by Gasteiger charge is -2.31. The largest absolute Gasteiger partial charge is 0.481 e. The Morgan fingerprint density at radius 3 is 2.52 bits per heavy atom. The standard InChI is InChI=1S/C18H17F2NO4/c19-18(20)25-15-9-12-5-2-1-4-11(12)8-14(15)16(22)21-7-3-6-13(10-21)17(23)24/h1-2,4-5,8-9,13,18H,3,6-7,10H2,(H,23,24)/t13-/m0/s1. The molecule has 0 radical (unpaired) electrons. The normalized spacial score (nSPS) is 17.7. The predicted octanol–water partition coefficient (Wildman–Crippen LogP) is 3.38. The van der Waals surface area contributed by atoms with Gasteiger partial charge in [-0.3, -0.25) is 9.59 Å². The number of nitrogens with zero attached hydrogens (tertiary/aromatic N) is 1. The number of amides is 1. The van der Waals surface area contributed by atoms with E-state index in [2.05, 4.69) is 4.74 Å². The molecule has 25 heavy (non-hydrogen) atoms. The zero-order chi connectivity index (χ0) is 18.0. The van der Waals surface area contributed by atoms with Crippen LogP contribution in [0.25, 0.3) is 10.8 Å². The van der Waals surface area contributed by atoms with Crippen molar-refractivity contribution in [2.45, 2.75) is 19.5 Å². The molecule has 0 saturated carbocycles. The summed E-state index contributed by atoms with van der Waals surface area (Å²) >= 11 is 0. The van der Waals surface area contributed by atoms with Crippen LogP contribution in [-0.4, -0.2) is 41.6 Å². The molecule has 1 amide bonds. The first kappa shape index (κ1) is 17.1.